The molecule has 34 heavy (non-hydrogen) atoms. The maximum Gasteiger partial charge on any atom is 0.416 e. The lowest BCUT2D eigenvalue weighted by molar-refractivity contribution is -0.137. The van der Waals surface area contributed by atoms with Crippen LogP contribution in [-0.4, -0.2) is 31.2 Å². The molecule has 1 unspecified atom stereocenters. The van der Waals surface area contributed by atoms with Crippen LogP contribution in [0.4, 0.5) is 19.1 Å². The summed E-state index contributed by atoms with van der Waals surface area (Å²) in [6.07, 6.45) is 2.87. The molecule has 2 heterocycles. The largest absolute Gasteiger partial charge is 0.416 e. The van der Waals surface area contributed by atoms with Gasteiger partial charge in [0.2, 0.25) is 5.95 Å². The zero-order valence-electron chi connectivity index (χ0n) is 18.2. The highest BCUT2D eigenvalue weighted by molar-refractivity contribution is 6.02. The molecule has 0 spiro atoms. The number of hydrogen-bond acceptors (Lipinski definition) is 4. The molecule has 174 valence electrons. The Hall–Kier alpha value is -3.62. The van der Waals surface area contributed by atoms with E-state index in [9.17, 15) is 18.0 Å². The van der Waals surface area contributed by atoms with E-state index < -0.39 is 11.7 Å². The predicted octanol–water partition coefficient (Wildman–Crippen LogP) is 5.17. The van der Waals surface area contributed by atoms with Gasteiger partial charge in [0.1, 0.15) is 6.33 Å². The zero-order chi connectivity index (χ0) is 23.6. The fourth-order valence-electron chi connectivity index (χ4n) is 5.26. The Bertz CT molecular complexity index is 1440. The number of nitrogens with zero attached hydrogens (tertiary/aromatic N) is 4. The second-order valence-electron chi connectivity index (χ2n) is 9.11. The molecule has 9 heteroatoms. The van der Waals surface area contributed by atoms with Crippen molar-refractivity contribution in [1.29, 1.82) is 0 Å². The summed E-state index contributed by atoms with van der Waals surface area (Å²) in [5.74, 6) is 0.204. The number of benzene rings is 2. The van der Waals surface area contributed by atoms with E-state index in [0.29, 0.717) is 35.4 Å². The Labute approximate surface area is 193 Å². The minimum Gasteiger partial charge on any atom is -0.369 e. The molecular weight excluding hydrogens is 443 g/mol. The summed E-state index contributed by atoms with van der Waals surface area (Å²) in [6, 6.07) is 9.12. The molecule has 2 aromatic heterocycles. The van der Waals surface area contributed by atoms with Gasteiger partial charge in [0.15, 0.2) is 0 Å². The van der Waals surface area contributed by atoms with Gasteiger partial charge in [-0.3, -0.25) is 9.20 Å². The third kappa shape index (κ3) is 3.21. The first kappa shape index (κ1) is 20.9. The van der Waals surface area contributed by atoms with Crippen molar-refractivity contribution in [3.05, 3.63) is 71.2 Å². The molecule has 1 amide bonds. The van der Waals surface area contributed by atoms with Crippen molar-refractivity contribution < 1.29 is 18.0 Å². The fourth-order valence-corrected chi connectivity index (χ4v) is 5.26. The quantitative estimate of drug-likeness (QED) is 0.453. The van der Waals surface area contributed by atoms with E-state index in [1.165, 1.54) is 6.07 Å². The van der Waals surface area contributed by atoms with Crippen molar-refractivity contribution >= 4 is 28.3 Å². The lowest BCUT2D eigenvalue weighted by Gasteiger charge is -2.42. The van der Waals surface area contributed by atoms with Crippen LogP contribution in [0.5, 0.6) is 0 Å². The normalized spacial score (nSPS) is 18.3. The van der Waals surface area contributed by atoms with Gasteiger partial charge < -0.3 is 10.6 Å². The molecule has 0 aliphatic heterocycles. The fraction of sp³-hybridized carbons (Fsp3) is 0.320. The lowest BCUT2D eigenvalue weighted by atomic mass is 9.88. The van der Waals surface area contributed by atoms with E-state index in [0.717, 1.165) is 41.8 Å². The van der Waals surface area contributed by atoms with E-state index >= 15 is 0 Å². The van der Waals surface area contributed by atoms with Crippen LogP contribution in [0.2, 0.25) is 0 Å². The number of amides is 1. The van der Waals surface area contributed by atoms with Crippen molar-refractivity contribution in [3.8, 4) is 0 Å². The first-order valence-electron chi connectivity index (χ1n) is 11.4. The topological polar surface area (TPSA) is 76.5 Å². The molecule has 6 rings (SSSR count). The van der Waals surface area contributed by atoms with Crippen molar-refractivity contribution in [3.63, 3.8) is 0 Å². The summed E-state index contributed by atoms with van der Waals surface area (Å²) >= 11 is 0. The smallest absolute Gasteiger partial charge is 0.369 e. The number of carbonyl (C=O) groups is 1. The average Bonchev–Trinajstić information content (AvgIpc) is 3.42. The van der Waals surface area contributed by atoms with E-state index in [1.54, 1.807) is 35.1 Å². The van der Waals surface area contributed by atoms with Crippen LogP contribution in [0.15, 0.2) is 48.9 Å². The average molecular weight is 465 g/mol. The molecular formula is C25H22F3N5O. The van der Waals surface area contributed by atoms with Crippen LogP contribution in [-0.2, 0) is 12.6 Å². The highest BCUT2D eigenvalue weighted by atomic mass is 19.4. The van der Waals surface area contributed by atoms with Gasteiger partial charge in [-0.15, -0.1) is 0 Å². The number of fused-ring (bicyclic) bond motifs is 4. The van der Waals surface area contributed by atoms with Gasteiger partial charge in [0.25, 0.3) is 5.91 Å². The molecule has 2 aliphatic rings. The number of hydrogen-bond donors (Lipinski definition) is 1. The molecule has 2 aliphatic carbocycles. The predicted molar refractivity (Wildman–Crippen MR) is 121 cm³/mol. The molecule has 0 radical (unpaired) electrons. The molecule has 0 saturated heterocycles. The van der Waals surface area contributed by atoms with E-state index in [-0.39, 0.29) is 18.0 Å². The van der Waals surface area contributed by atoms with Crippen LogP contribution < -0.4 is 5.73 Å². The van der Waals surface area contributed by atoms with Gasteiger partial charge in [0, 0.05) is 17.0 Å². The summed E-state index contributed by atoms with van der Waals surface area (Å²) in [5, 5.41) is 0.771. The molecule has 2 aromatic carbocycles. The zero-order valence-corrected chi connectivity index (χ0v) is 18.2. The first-order valence-corrected chi connectivity index (χ1v) is 11.4. The first-order chi connectivity index (χ1) is 16.3. The van der Waals surface area contributed by atoms with Gasteiger partial charge in [-0.2, -0.15) is 13.2 Å². The molecule has 6 nitrogen and oxygen atoms in total. The van der Waals surface area contributed by atoms with Crippen molar-refractivity contribution in [2.75, 3.05) is 5.73 Å². The highest BCUT2D eigenvalue weighted by Crippen LogP contribution is 2.43. The molecule has 0 bridgehead atoms. The minimum absolute atomic E-state index is 0.0842. The van der Waals surface area contributed by atoms with Crippen LogP contribution in [0.1, 0.15) is 58.8 Å². The summed E-state index contributed by atoms with van der Waals surface area (Å²) in [6.45, 7) is 0. The number of nitrogen functional groups attached to an aromatic ring is 1. The number of carbonyl (C=O) groups excluding carboxylic acids is 1. The summed E-state index contributed by atoms with van der Waals surface area (Å²) in [5.41, 5.74) is 8.82. The Morgan fingerprint density at radius 2 is 1.94 bits per heavy atom. The second-order valence-corrected chi connectivity index (χ2v) is 9.11. The molecule has 4 aromatic rings. The number of halogens is 3. The van der Waals surface area contributed by atoms with Gasteiger partial charge in [-0.25, -0.2) is 9.97 Å². The van der Waals surface area contributed by atoms with Gasteiger partial charge in [-0.1, -0.05) is 6.07 Å². The van der Waals surface area contributed by atoms with E-state index in [2.05, 4.69) is 9.97 Å². The van der Waals surface area contributed by atoms with Crippen molar-refractivity contribution in [2.24, 2.45) is 0 Å². The van der Waals surface area contributed by atoms with Gasteiger partial charge in [-0.05, 0) is 73.6 Å². The van der Waals surface area contributed by atoms with Crippen molar-refractivity contribution in [2.45, 2.75) is 50.4 Å². The lowest BCUT2D eigenvalue weighted by Crippen LogP contribution is -2.45. The van der Waals surface area contributed by atoms with Crippen LogP contribution in [0.25, 0.3) is 16.4 Å². The number of aromatic nitrogens is 3. The standard InChI is InChI=1S/C25H22F3N5O/c26-25(27,28)16-6-7-18-14(10-16)5-9-21(18)33(17-2-1-3-17)23(34)15-4-8-20-19(11-15)22-12-30-13-32(22)24(29)31-20/h4,6-8,10-13,17,21H,1-3,5,9H2,(H2,29,31). The third-order valence-electron chi connectivity index (χ3n) is 7.19. The van der Waals surface area contributed by atoms with E-state index in [1.807, 2.05) is 11.0 Å². The summed E-state index contributed by atoms with van der Waals surface area (Å²) < 4.78 is 41.3. The maximum atomic E-state index is 13.9. The maximum absolute atomic E-state index is 13.9. The SMILES string of the molecule is Nc1nc2ccc(C(=O)N(C3CCC3)C3CCc4cc(C(F)(F)F)ccc43)cc2c2cncn12. The number of aryl methyl sites for hydroxylation is 1. The van der Waals surface area contributed by atoms with Crippen LogP contribution >= 0.6 is 0 Å². The molecule has 1 saturated carbocycles. The monoisotopic (exact) mass is 465 g/mol. The number of anilines is 1. The molecule has 1 fully saturated rings. The highest BCUT2D eigenvalue weighted by Gasteiger charge is 2.40. The van der Waals surface area contributed by atoms with Crippen LogP contribution in [0, 0.1) is 0 Å². The van der Waals surface area contributed by atoms with E-state index in [4.69, 9.17) is 5.73 Å². The van der Waals surface area contributed by atoms with Gasteiger partial charge in [0.05, 0.1) is 28.8 Å². The van der Waals surface area contributed by atoms with Crippen LogP contribution in [0.3, 0.4) is 0 Å². The Balaban J connectivity index is 1.40. The second kappa shape index (κ2) is 7.44. The van der Waals surface area contributed by atoms with Crippen molar-refractivity contribution in [1.82, 2.24) is 19.3 Å². The van der Waals surface area contributed by atoms with Gasteiger partial charge >= 0.3 is 6.18 Å². The molecule has 2 N–H and O–H groups in total. The Kier molecular flexibility index (Phi) is 4.59. The number of nitrogens with two attached hydrogens (primary N) is 1. The Morgan fingerprint density at radius 1 is 1.12 bits per heavy atom. The number of rotatable bonds is 3. The minimum atomic E-state index is -4.38. The number of imidazole rings is 1. The molecule has 1 atom stereocenters. The summed E-state index contributed by atoms with van der Waals surface area (Å²) in [7, 11) is 0. The third-order valence-corrected chi connectivity index (χ3v) is 7.19. The summed E-state index contributed by atoms with van der Waals surface area (Å²) in [4.78, 5) is 24.3. The number of alkyl halides is 3. The Morgan fingerprint density at radius 3 is 2.68 bits per heavy atom.